The smallest absolute Gasteiger partial charge is 0.345 e. The van der Waals surface area contributed by atoms with Crippen molar-refractivity contribution in [2.75, 3.05) is 12.3 Å². The van der Waals surface area contributed by atoms with Gasteiger partial charge in [0.2, 0.25) is 0 Å². The average Bonchev–Trinajstić information content (AvgIpc) is 3.50. The average molecular weight is 514 g/mol. The number of alkyl halides is 4. The first-order valence-corrected chi connectivity index (χ1v) is 10.5. The van der Waals surface area contributed by atoms with E-state index in [2.05, 4.69) is 24.9 Å². The quantitative estimate of drug-likeness (QED) is 0.244. The van der Waals surface area contributed by atoms with Crippen LogP contribution in [0.4, 0.5) is 27.6 Å². The molecule has 3 heterocycles. The van der Waals surface area contributed by atoms with Crippen molar-refractivity contribution in [1.29, 1.82) is 0 Å². The predicted molar refractivity (Wildman–Crippen MR) is 116 cm³/mol. The van der Waals surface area contributed by atoms with Crippen LogP contribution in [0, 0.1) is 5.82 Å². The van der Waals surface area contributed by atoms with Gasteiger partial charge in [0, 0.05) is 29.2 Å². The largest absolute Gasteiger partial charge is 0.398 e. The molecule has 3 aromatic heterocycles. The fourth-order valence-electron chi connectivity index (χ4n) is 3.52. The van der Waals surface area contributed by atoms with Crippen molar-refractivity contribution in [3.8, 4) is 22.5 Å². The summed E-state index contributed by atoms with van der Waals surface area (Å²) in [7, 11) is 0. The van der Waals surface area contributed by atoms with Gasteiger partial charge in [0.1, 0.15) is 6.33 Å². The molecule has 35 heavy (non-hydrogen) atoms. The van der Waals surface area contributed by atoms with Crippen LogP contribution in [0.2, 0.25) is 5.02 Å². The number of benzene rings is 1. The Balaban J connectivity index is 1.67. The van der Waals surface area contributed by atoms with E-state index in [0.717, 1.165) is 6.33 Å². The standard InChI is InChI=1S/C21H17ClF5N7O/c22-13-2-3-14(28)17(18(13)23)11-1-4-15(29-7-11)16(5-6-35-21(26)27)33-9-12(8-31-33)19-30-10-32-34(19)20(24)25/h1-4,7-10,16,20-21H,5-6,28H2. The molecule has 4 aromatic rings. The Labute approximate surface area is 200 Å². The molecule has 0 bridgehead atoms. The summed E-state index contributed by atoms with van der Waals surface area (Å²) >= 11 is 5.86. The molecule has 2 N–H and O–H groups in total. The number of nitrogens with two attached hydrogens (primary N) is 1. The zero-order valence-corrected chi connectivity index (χ0v) is 18.5. The van der Waals surface area contributed by atoms with Crippen LogP contribution >= 0.6 is 11.6 Å². The number of nitrogen functional groups attached to an aromatic ring is 1. The molecule has 0 spiro atoms. The molecular formula is C21H17ClF5N7O. The van der Waals surface area contributed by atoms with Crippen LogP contribution in [0.3, 0.4) is 0 Å². The zero-order chi connectivity index (χ0) is 25.1. The minimum absolute atomic E-state index is 0.0208. The third-order valence-corrected chi connectivity index (χ3v) is 5.41. The van der Waals surface area contributed by atoms with Gasteiger partial charge in [-0.2, -0.15) is 32.4 Å². The summed E-state index contributed by atoms with van der Waals surface area (Å²) in [4.78, 5) is 8.16. The summed E-state index contributed by atoms with van der Waals surface area (Å²) in [6, 6.07) is 5.17. The Morgan fingerprint density at radius 2 is 1.80 bits per heavy atom. The molecule has 184 valence electrons. The van der Waals surface area contributed by atoms with Crippen LogP contribution in [0.1, 0.15) is 24.7 Å². The lowest BCUT2D eigenvalue weighted by Crippen LogP contribution is -2.16. The number of anilines is 1. The van der Waals surface area contributed by atoms with E-state index in [1.54, 1.807) is 12.1 Å². The fraction of sp³-hybridized carbons (Fsp3) is 0.238. The number of aromatic nitrogens is 6. The molecule has 0 amide bonds. The molecule has 8 nitrogen and oxygen atoms in total. The van der Waals surface area contributed by atoms with Crippen LogP contribution in [0.15, 0.2) is 49.2 Å². The van der Waals surface area contributed by atoms with Crippen molar-refractivity contribution in [3.63, 3.8) is 0 Å². The highest BCUT2D eigenvalue weighted by Gasteiger charge is 2.22. The first-order chi connectivity index (χ1) is 16.8. The Morgan fingerprint density at radius 1 is 1.00 bits per heavy atom. The Hall–Kier alpha value is -3.58. The summed E-state index contributed by atoms with van der Waals surface area (Å²) in [5.74, 6) is -0.827. The second-order valence-electron chi connectivity index (χ2n) is 7.25. The van der Waals surface area contributed by atoms with E-state index < -0.39 is 25.0 Å². The highest BCUT2D eigenvalue weighted by Crippen LogP contribution is 2.33. The topological polar surface area (TPSA) is 96.7 Å². The lowest BCUT2D eigenvalue weighted by molar-refractivity contribution is -0.130. The molecule has 0 aliphatic heterocycles. The molecule has 14 heteroatoms. The van der Waals surface area contributed by atoms with E-state index in [9.17, 15) is 22.0 Å². The summed E-state index contributed by atoms with van der Waals surface area (Å²) in [5.41, 5.74) is 7.07. The van der Waals surface area contributed by atoms with Gasteiger partial charge in [0.15, 0.2) is 11.6 Å². The lowest BCUT2D eigenvalue weighted by atomic mass is 10.0. The number of nitrogens with zero attached hydrogens (tertiary/aromatic N) is 6. The molecule has 4 rings (SSSR count). The van der Waals surface area contributed by atoms with Crippen molar-refractivity contribution in [1.82, 2.24) is 29.5 Å². The van der Waals surface area contributed by atoms with Gasteiger partial charge in [-0.1, -0.05) is 17.7 Å². The molecule has 0 aliphatic carbocycles. The maximum atomic E-state index is 14.5. The minimum Gasteiger partial charge on any atom is -0.398 e. The van der Waals surface area contributed by atoms with Crippen molar-refractivity contribution < 1.29 is 26.7 Å². The summed E-state index contributed by atoms with van der Waals surface area (Å²) in [6.07, 6.45) is 5.07. The highest BCUT2D eigenvalue weighted by atomic mass is 35.5. The van der Waals surface area contributed by atoms with Gasteiger partial charge in [-0.05, 0) is 24.6 Å². The Bertz CT molecular complexity index is 1300. The van der Waals surface area contributed by atoms with Crippen LogP contribution in [-0.4, -0.2) is 42.7 Å². The second-order valence-corrected chi connectivity index (χ2v) is 7.66. The van der Waals surface area contributed by atoms with Crippen molar-refractivity contribution in [2.24, 2.45) is 0 Å². The third-order valence-electron chi connectivity index (χ3n) is 5.12. The lowest BCUT2D eigenvalue weighted by Gasteiger charge is -2.18. The van der Waals surface area contributed by atoms with Crippen molar-refractivity contribution >= 4 is 17.3 Å². The van der Waals surface area contributed by atoms with E-state index in [0.29, 0.717) is 15.9 Å². The predicted octanol–water partition coefficient (Wildman–Crippen LogP) is 5.19. The van der Waals surface area contributed by atoms with E-state index in [1.807, 2.05) is 0 Å². The summed E-state index contributed by atoms with van der Waals surface area (Å²) in [5, 5.41) is 7.55. The maximum absolute atomic E-state index is 14.5. The van der Waals surface area contributed by atoms with E-state index in [1.165, 1.54) is 35.4 Å². The Morgan fingerprint density at radius 3 is 2.49 bits per heavy atom. The number of ether oxygens (including phenoxy) is 1. The molecule has 0 radical (unpaired) electrons. The van der Waals surface area contributed by atoms with Gasteiger partial charge in [0.25, 0.3) is 0 Å². The van der Waals surface area contributed by atoms with Crippen LogP contribution < -0.4 is 5.73 Å². The van der Waals surface area contributed by atoms with Crippen molar-refractivity contribution in [2.45, 2.75) is 25.6 Å². The molecule has 0 fully saturated rings. The number of halogens is 6. The molecule has 1 atom stereocenters. The zero-order valence-electron chi connectivity index (χ0n) is 17.7. The van der Waals surface area contributed by atoms with Gasteiger partial charge in [-0.15, -0.1) is 0 Å². The van der Waals surface area contributed by atoms with Gasteiger partial charge in [-0.25, -0.2) is 9.37 Å². The maximum Gasteiger partial charge on any atom is 0.345 e. The molecule has 0 aliphatic rings. The molecule has 0 saturated carbocycles. The van der Waals surface area contributed by atoms with Crippen LogP contribution in [0.5, 0.6) is 0 Å². The SMILES string of the molecule is Nc1ccc(Cl)c(F)c1-c1ccc(C(CCOC(F)F)n2cc(-c3ncnn3C(F)F)cn2)nc1. The molecule has 1 unspecified atom stereocenters. The second kappa shape index (κ2) is 10.4. The third kappa shape index (κ3) is 5.25. The number of hydrogen-bond acceptors (Lipinski definition) is 6. The number of pyridine rings is 1. The van der Waals surface area contributed by atoms with Crippen LogP contribution in [-0.2, 0) is 4.74 Å². The van der Waals surface area contributed by atoms with Gasteiger partial charge in [-0.3, -0.25) is 9.67 Å². The molecule has 1 aromatic carbocycles. The first kappa shape index (κ1) is 24.5. The Kier molecular flexibility index (Phi) is 7.26. The first-order valence-electron chi connectivity index (χ1n) is 10.1. The number of hydrogen-bond donors (Lipinski definition) is 1. The normalized spacial score (nSPS) is 12.6. The van der Waals surface area contributed by atoms with E-state index >= 15 is 0 Å². The fourth-order valence-corrected chi connectivity index (χ4v) is 3.67. The van der Waals surface area contributed by atoms with Crippen LogP contribution in [0.25, 0.3) is 22.5 Å². The van der Waals surface area contributed by atoms with Gasteiger partial charge in [0.05, 0.1) is 35.1 Å². The molecular weight excluding hydrogens is 497 g/mol. The van der Waals surface area contributed by atoms with E-state index in [-0.39, 0.29) is 40.7 Å². The van der Waals surface area contributed by atoms with Crippen molar-refractivity contribution in [3.05, 3.63) is 65.7 Å². The summed E-state index contributed by atoms with van der Waals surface area (Å²) < 4.78 is 72.1. The minimum atomic E-state index is -2.97. The number of rotatable bonds is 9. The summed E-state index contributed by atoms with van der Waals surface area (Å²) in [6.45, 7) is -6.23. The molecule has 0 saturated heterocycles. The highest BCUT2D eigenvalue weighted by molar-refractivity contribution is 6.31. The monoisotopic (exact) mass is 513 g/mol. The van der Waals surface area contributed by atoms with Gasteiger partial charge >= 0.3 is 13.2 Å². The van der Waals surface area contributed by atoms with Gasteiger partial charge < -0.3 is 10.5 Å². The van der Waals surface area contributed by atoms with E-state index in [4.69, 9.17) is 17.3 Å².